The van der Waals surface area contributed by atoms with E-state index in [-0.39, 0.29) is 11.3 Å². The molecule has 9 heteroatoms. The van der Waals surface area contributed by atoms with Crippen LogP contribution in [-0.2, 0) is 0 Å². The third-order valence-electron chi connectivity index (χ3n) is 3.42. The van der Waals surface area contributed by atoms with Gasteiger partial charge in [0.1, 0.15) is 0 Å². The van der Waals surface area contributed by atoms with Gasteiger partial charge in [-0.25, -0.2) is 0 Å². The number of nitrogens with zero attached hydrogens (tertiary/aromatic N) is 3. The molecule has 0 unspecified atom stereocenters. The number of carbonyl (C=O) groups is 1. The van der Waals surface area contributed by atoms with E-state index in [1.807, 2.05) is 0 Å². The number of rotatable bonds is 4. The van der Waals surface area contributed by atoms with Crippen LogP contribution >= 0.6 is 0 Å². The van der Waals surface area contributed by atoms with E-state index in [4.69, 9.17) is 5.73 Å². The first-order valence-corrected chi connectivity index (χ1v) is 6.43. The molecule has 1 aliphatic heterocycles. The van der Waals surface area contributed by atoms with Crippen molar-refractivity contribution in [3.8, 4) is 0 Å². The van der Waals surface area contributed by atoms with Crippen molar-refractivity contribution in [1.29, 1.82) is 0 Å². The number of piperidine rings is 1. The smallest absolute Gasteiger partial charge is 0.300 e. The second-order valence-electron chi connectivity index (χ2n) is 4.79. The molecule has 0 radical (unpaired) electrons. The van der Waals surface area contributed by atoms with Gasteiger partial charge in [0.05, 0.1) is 15.4 Å². The lowest BCUT2D eigenvalue weighted by Crippen LogP contribution is -2.30. The second kappa shape index (κ2) is 5.73. The summed E-state index contributed by atoms with van der Waals surface area (Å²) in [6, 6.07) is 2.00. The van der Waals surface area contributed by atoms with Gasteiger partial charge in [-0.3, -0.25) is 25.0 Å². The lowest BCUT2D eigenvalue weighted by Gasteiger charge is -2.28. The summed E-state index contributed by atoms with van der Waals surface area (Å²) in [6.07, 6.45) is 2.61. The van der Waals surface area contributed by atoms with Gasteiger partial charge in [-0.1, -0.05) is 0 Å². The van der Waals surface area contributed by atoms with Crippen molar-refractivity contribution in [3.05, 3.63) is 37.9 Å². The van der Waals surface area contributed by atoms with E-state index in [2.05, 4.69) is 0 Å². The van der Waals surface area contributed by atoms with Crippen LogP contribution in [0.4, 0.5) is 17.1 Å². The van der Waals surface area contributed by atoms with Gasteiger partial charge >= 0.3 is 0 Å². The number of nitro benzene ring substituents is 2. The normalized spacial score (nSPS) is 14.8. The van der Waals surface area contributed by atoms with Crippen molar-refractivity contribution in [3.63, 3.8) is 0 Å². The summed E-state index contributed by atoms with van der Waals surface area (Å²) in [6.45, 7) is 1.02. The highest BCUT2D eigenvalue weighted by Crippen LogP contribution is 2.39. The van der Waals surface area contributed by atoms with Gasteiger partial charge in [0.15, 0.2) is 5.69 Å². The molecule has 112 valence electrons. The largest absolute Gasteiger partial charge is 0.366 e. The standard InChI is InChI=1S/C12H14N4O5/c13-12(17)8-6-9(15(18)19)11(10(7-8)16(20)21)14-4-2-1-3-5-14/h6-7H,1-5H2,(H2,13,17). The first-order chi connectivity index (χ1) is 9.91. The monoisotopic (exact) mass is 294 g/mol. The maximum absolute atomic E-state index is 11.2. The lowest BCUT2D eigenvalue weighted by molar-refractivity contribution is -0.392. The van der Waals surface area contributed by atoms with Crippen molar-refractivity contribution < 1.29 is 14.6 Å². The fourth-order valence-electron chi connectivity index (χ4n) is 2.47. The number of amides is 1. The summed E-state index contributed by atoms with van der Waals surface area (Å²) < 4.78 is 0. The maximum Gasteiger partial charge on any atom is 0.300 e. The second-order valence-corrected chi connectivity index (χ2v) is 4.79. The minimum Gasteiger partial charge on any atom is -0.366 e. The van der Waals surface area contributed by atoms with E-state index >= 15 is 0 Å². The average Bonchev–Trinajstić information content (AvgIpc) is 2.46. The van der Waals surface area contributed by atoms with Crippen molar-refractivity contribution in [2.24, 2.45) is 5.73 Å². The van der Waals surface area contributed by atoms with E-state index < -0.39 is 27.1 Å². The molecule has 2 N–H and O–H groups in total. The summed E-state index contributed by atoms with van der Waals surface area (Å²) >= 11 is 0. The highest BCUT2D eigenvalue weighted by Gasteiger charge is 2.32. The Balaban J connectivity index is 2.66. The molecule has 0 saturated carbocycles. The third kappa shape index (κ3) is 2.91. The van der Waals surface area contributed by atoms with Crippen LogP contribution in [0.5, 0.6) is 0 Å². The predicted octanol–water partition coefficient (Wildman–Crippen LogP) is 1.59. The molecule has 1 saturated heterocycles. The molecule has 0 aliphatic carbocycles. The topological polar surface area (TPSA) is 133 Å². The Labute approximate surface area is 119 Å². The van der Waals surface area contributed by atoms with Gasteiger partial charge in [0, 0.05) is 25.2 Å². The number of primary amides is 1. The molecule has 21 heavy (non-hydrogen) atoms. The van der Waals surface area contributed by atoms with Crippen molar-refractivity contribution in [1.82, 2.24) is 0 Å². The zero-order valence-corrected chi connectivity index (χ0v) is 11.2. The van der Waals surface area contributed by atoms with Crippen molar-refractivity contribution in [2.45, 2.75) is 19.3 Å². The molecule has 1 aliphatic rings. The number of nitrogens with two attached hydrogens (primary N) is 1. The van der Waals surface area contributed by atoms with Gasteiger partial charge in [0.2, 0.25) is 5.91 Å². The van der Waals surface area contributed by atoms with Crippen LogP contribution in [0.15, 0.2) is 12.1 Å². The molecule has 1 fully saturated rings. The Kier molecular flexibility index (Phi) is 4.01. The molecule has 0 atom stereocenters. The van der Waals surface area contributed by atoms with Crippen molar-refractivity contribution >= 4 is 23.0 Å². The molecule has 2 rings (SSSR count). The fraction of sp³-hybridized carbons (Fsp3) is 0.417. The van der Waals surface area contributed by atoms with Gasteiger partial charge in [0.25, 0.3) is 11.4 Å². The molecule has 0 aromatic heterocycles. The zero-order chi connectivity index (χ0) is 15.6. The molecule has 0 spiro atoms. The van der Waals surface area contributed by atoms with Gasteiger partial charge in [-0.2, -0.15) is 0 Å². The van der Waals surface area contributed by atoms with Crippen LogP contribution in [-0.4, -0.2) is 28.8 Å². The molecular weight excluding hydrogens is 280 g/mol. The third-order valence-corrected chi connectivity index (χ3v) is 3.42. The number of nitro groups is 2. The van der Waals surface area contributed by atoms with Crippen LogP contribution in [0.2, 0.25) is 0 Å². The SMILES string of the molecule is NC(=O)c1cc([N+](=O)[O-])c(N2CCCCC2)c([N+](=O)[O-])c1. The first kappa shape index (κ1) is 14.7. The molecule has 9 nitrogen and oxygen atoms in total. The number of anilines is 1. The lowest BCUT2D eigenvalue weighted by atomic mass is 10.1. The van der Waals surface area contributed by atoms with E-state index in [1.165, 1.54) is 0 Å². The molecule has 1 amide bonds. The summed E-state index contributed by atoms with van der Waals surface area (Å²) in [4.78, 5) is 33.8. The van der Waals surface area contributed by atoms with E-state index in [9.17, 15) is 25.0 Å². The van der Waals surface area contributed by atoms with E-state index in [0.717, 1.165) is 31.4 Å². The summed E-state index contributed by atoms with van der Waals surface area (Å²) in [5.74, 6) is -0.939. The van der Waals surface area contributed by atoms with Crippen LogP contribution in [0.25, 0.3) is 0 Å². The molecule has 1 aromatic carbocycles. The van der Waals surface area contributed by atoms with E-state index in [1.54, 1.807) is 4.90 Å². The Bertz CT molecular complexity index is 575. The Morgan fingerprint density at radius 3 is 1.90 bits per heavy atom. The summed E-state index contributed by atoms with van der Waals surface area (Å²) in [5.41, 5.74) is 3.88. The summed E-state index contributed by atoms with van der Waals surface area (Å²) in [7, 11) is 0. The van der Waals surface area contributed by atoms with Crippen LogP contribution in [0.3, 0.4) is 0 Å². The number of carbonyl (C=O) groups excluding carboxylic acids is 1. The summed E-state index contributed by atoms with van der Waals surface area (Å²) in [5, 5.41) is 22.4. The molecule has 0 bridgehead atoms. The fourth-order valence-corrected chi connectivity index (χ4v) is 2.47. The number of benzene rings is 1. The van der Waals surface area contributed by atoms with E-state index in [0.29, 0.717) is 13.1 Å². The Hall–Kier alpha value is -2.71. The highest BCUT2D eigenvalue weighted by atomic mass is 16.6. The van der Waals surface area contributed by atoms with Crippen LogP contribution < -0.4 is 10.6 Å². The van der Waals surface area contributed by atoms with Crippen molar-refractivity contribution in [2.75, 3.05) is 18.0 Å². The van der Waals surface area contributed by atoms with Crippen LogP contribution in [0.1, 0.15) is 29.6 Å². The Morgan fingerprint density at radius 1 is 1.05 bits per heavy atom. The van der Waals surface area contributed by atoms with Gasteiger partial charge in [-0.15, -0.1) is 0 Å². The predicted molar refractivity (Wildman–Crippen MR) is 74.3 cm³/mol. The molecule has 1 aromatic rings. The van der Waals surface area contributed by atoms with Crippen LogP contribution in [0, 0.1) is 20.2 Å². The molecular formula is C12H14N4O5. The van der Waals surface area contributed by atoms with Gasteiger partial charge < -0.3 is 10.6 Å². The minimum atomic E-state index is -0.939. The molecule has 1 heterocycles. The highest BCUT2D eigenvalue weighted by molar-refractivity contribution is 5.96. The first-order valence-electron chi connectivity index (χ1n) is 6.43. The van der Waals surface area contributed by atoms with Gasteiger partial charge in [-0.05, 0) is 19.3 Å². The Morgan fingerprint density at radius 2 is 1.52 bits per heavy atom. The average molecular weight is 294 g/mol. The zero-order valence-electron chi connectivity index (χ0n) is 11.2. The maximum atomic E-state index is 11.2. The number of hydrogen-bond acceptors (Lipinski definition) is 6. The minimum absolute atomic E-state index is 0.0466. The number of hydrogen-bond donors (Lipinski definition) is 1. The quantitative estimate of drug-likeness (QED) is 0.662.